The van der Waals surface area contributed by atoms with Gasteiger partial charge in [0.05, 0.1) is 5.60 Å². The van der Waals surface area contributed by atoms with Crippen LogP contribution in [0, 0.1) is 6.92 Å². The lowest BCUT2D eigenvalue weighted by Crippen LogP contribution is -2.55. The summed E-state index contributed by atoms with van der Waals surface area (Å²) in [4.78, 5) is 25.8. The van der Waals surface area contributed by atoms with E-state index in [4.69, 9.17) is 9.47 Å². The number of benzene rings is 1. The van der Waals surface area contributed by atoms with E-state index in [1.807, 2.05) is 44.2 Å². The predicted octanol–water partition coefficient (Wildman–Crippen LogP) is 3.61. The molecule has 2 atom stereocenters. The van der Waals surface area contributed by atoms with Gasteiger partial charge >= 0.3 is 5.97 Å². The largest absolute Gasteiger partial charge is 0.457 e. The lowest BCUT2D eigenvalue weighted by Gasteiger charge is -2.38. The molecule has 1 aromatic carbocycles. The highest BCUT2D eigenvalue weighted by molar-refractivity contribution is 6.20. The summed E-state index contributed by atoms with van der Waals surface area (Å²) in [5.74, 6) is -0.839. The summed E-state index contributed by atoms with van der Waals surface area (Å²) in [5, 5.41) is 0. The maximum absolute atomic E-state index is 13.0. The van der Waals surface area contributed by atoms with Gasteiger partial charge in [-0.1, -0.05) is 29.8 Å². The second-order valence-corrected chi connectivity index (χ2v) is 7.95. The molecule has 1 saturated heterocycles. The number of fused-ring (bicyclic) bond motifs is 2. The molecule has 1 fully saturated rings. The Morgan fingerprint density at radius 2 is 1.83 bits per heavy atom. The maximum atomic E-state index is 13.0. The zero-order chi connectivity index (χ0) is 17.8. The van der Waals surface area contributed by atoms with E-state index < -0.39 is 22.8 Å². The molecule has 0 saturated carbocycles. The van der Waals surface area contributed by atoms with Crippen LogP contribution in [0.5, 0.6) is 0 Å². The van der Waals surface area contributed by atoms with Crippen molar-refractivity contribution in [3.63, 3.8) is 0 Å². The molecule has 0 aliphatic carbocycles. The molecule has 3 rings (SSSR count). The van der Waals surface area contributed by atoms with Gasteiger partial charge in [0.25, 0.3) is 0 Å². The Morgan fingerprint density at radius 3 is 2.42 bits per heavy atom. The Kier molecular flexibility index (Phi) is 3.72. The standard InChI is InChI=1S/C20H24O4/c1-13-6-8-14(9-7-13)15-12-19(5)11-10-16(21)20(15,24-19)17(22)23-18(2,3)4/h6-9,12H,10-11H2,1-5H3. The molecule has 2 unspecified atom stereocenters. The molecule has 4 heteroatoms. The molecule has 4 nitrogen and oxygen atoms in total. The van der Waals surface area contributed by atoms with E-state index in [1.54, 1.807) is 20.8 Å². The Hall–Kier alpha value is -1.94. The zero-order valence-electron chi connectivity index (χ0n) is 14.9. The third-order valence-corrected chi connectivity index (χ3v) is 4.51. The number of Topliss-reactive ketones (excluding diaryl/α,β-unsaturated/α-hetero) is 1. The van der Waals surface area contributed by atoms with E-state index in [1.165, 1.54) is 0 Å². The predicted molar refractivity (Wildman–Crippen MR) is 91.5 cm³/mol. The van der Waals surface area contributed by atoms with Crippen LogP contribution in [0.4, 0.5) is 0 Å². The summed E-state index contributed by atoms with van der Waals surface area (Å²) in [6, 6.07) is 7.78. The van der Waals surface area contributed by atoms with Crippen molar-refractivity contribution in [1.29, 1.82) is 0 Å². The summed E-state index contributed by atoms with van der Waals surface area (Å²) >= 11 is 0. The number of hydrogen-bond acceptors (Lipinski definition) is 4. The van der Waals surface area contributed by atoms with Crippen molar-refractivity contribution < 1.29 is 19.1 Å². The number of carbonyl (C=O) groups excluding carboxylic acids is 2. The van der Waals surface area contributed by atoms with Crippen LogP contribution in [0.1, 0.15) is 51.7 Å². The van der Waals surface area contributed by atoms with Gasteiger partial charge in [-0.15, -0.1) is 0 Å². The van der Waals surface area contributed by atoms with Crippen molar-refractivity contribution in [2.24, 2.45) is 0 Å². The van der Waals surface area contributed by atoms with E-state index in [2.05, 4.69) is 0 Å². The summed E-state index contributed by atoms with van der Waals surface area (Å²) in [6.07, 6.45) is 2.81. The summed E-state index contributed by atoms with van der Waals surface area (Å²) < 4.78 is 11.6. The van der Waals surface area contributed by atoms with Gasteiger partial charge < -0.3 is 9.47 Å². The quantitative estimate of drug-likeness (QED) is 0.615. The third kappa shape index (κ3) is 2.69. The minimum absolute atomic E-state index is 0.224. The molecule has 1 aromatic rings. The first-order chi connectivity index (χ1) is 11.1. The molecular formula is C20H24O4. The lowest BCUT2D eigenvalue weighted by atomic mass is 9.83. The number of rotatable bonds is 2. The molecule has 2 aliphatic heterocycles. The Balaban J connectivity index is 2.12. The average Bonchev–Trinajstić information content (AvgIpc) is 2.74. The van der Waals surface area contributed by atoms with Crippen molar-refractivity contribution >= 4 is 17.3 Å². The SMILES string of the molecule is Cc1ccc(C2=CC3(C)CCC(=O)C2(C(=O)OC(C)(C)C)O3)cc1. The number of hydrogen-bond donors (Lipinski definition) is 0. The van der Waals surface area contributed by atoms with Crippen molar-refractivity contribution in [1.82, 2.24) is 0 Å². The Morgan fingerprint density at radius 1 is 1.21 bits per heavy atom. The first kappa shape index (κ1) is 16.9. The molecule has 128 valence electrons. The number of carbonyl (C=O) groups is 2. The average molecular weight is 328 g/mol. The minimum atomic E-state index is -1.64. The zero-order valence-corrected chi connectivity index (χ0v) is 14.9. The number of ketones is 1. The second kappa shape index (κ2) is 5.28. The molecule has 24 heavy (non-hydrogen) atoms. The number of esters is 1. The van der Waals surface area contributed by atoms with E-state index in [0.29, 0.717) is 18.4 Å². The van der Waals surface area contributed by atoms with Gasteiger partial charge in [-0.25, -0.2) is 4.79 Å². The van der Waals surface area contributed by atoms with Gasteiger partial charge in [-0.3, -0.25) is 4.79 Å². The first-order valence-corrected chi connectivity index (χ1v) is 8.33. The molecule has 2 bridgehead atoms. The van der Waals surface area contributed by atoms with Gasteiger partial charge in [-0.05, 0) is 52.7 Å². The fourth-order valence-electron chi connectivity index (χ4n) is 3.34. The summed E-state index contributed by atoms with van der Waals surface area (Å²) in [7, 11) is 0. The van der Waals surface area contributed by atoms with E-state index in [-0.39, 0.29) is 5.78 Å². The van der Waals surface area contributed by atoms with Gasteiger partial charge in [0.1, 0.15) is 5.60 Å². The van der Waals surface area contributed by atoms with Crippen LogP contribution in [-0.2, 0) is 19.1 Å². The van der Waals surface area contributed by atoms with Crippen LogP contribution in [0.15, 0.2) is 30.3 Å². The summed E-state index contributed by atoms with van der Waals surface area (Å²) in [5.41, 5.74) is -0.400. The smallest absolute Gasteiger partial charge is 0.351 e. The minimum Gasteiger partial charge on any atom is -0.457 e. The Bertz CT molecular complexity index is 723. The number of ether oxygens (including phenoxy) is 2. The third-order valence-electron chi connectivity index (χ3n) is 4.51. The van der Waals surface area contributed by atoms with Crippen LogP contribution in [0.25, 0.3) is 5.57 Å². The second-order valence-electron chi connectivity index (χ2n) is 7.95. The highest BCUT2D eigenvalue weighted by atomic mass is 16.6. The molecular weight excluding hydrogens is 304 g/mol. The lowest BCUT2D eigenvalue weighted by molar-refractivity contribution is -0.192. The summed E-state index contributed by atoms with van der Waals surface area (Å²) in [6.45, 7) is 9.28. The highest BCUT2D eigenvalue weighted by Crippen LogP contribution is 2.50. The van der Waals surface area contributed by atoms with Crippen molar-refractivity contribution in [2.75, 3.05) is 0 Å². The maximum Gasteiger partial charge on any atom is 0.351 e. The highest BCUT2D eigenvalue weighted by Gasteiger charge is 2.62. The van der Waals surface area contributed by atoms with Gasteiger partial charge in [0.2, 0.25) is 5.60 Å². The van der Waals surface area contributed by atoms with Gasteiger partial charge in [0, 0.05) is 12.0 Å². The van der Waals surface area contributed by atoms with Crippen molar-refractivity contribution in [3.05, 3.63) is 41.5 Å². The fourth-order valence-corrected chi connectivity index (χ4v) is 3.34. The molecule has 2 aliphatic rings. The monoisotopic (exact) mass is 328 g/mol. The number of aryl methyl sites for hydroxylation is 1. The molecule has 0 radical (unpaired) electrons. The van der Waals surface area contributed by atoms with E-state index in [9.17, 15) is 9.59 Å². The Labute approximate surface area is 142 Å². The van der Waals surface area contributed by atoms with E-state index >= 15 is 0 Å². The van der Waals surface area contributed by atoms with Crippen LogP contribution in [-0.4, -0.2) is 28.6 Å². The fraction of sp³-hybridized carbons (Fsp3) is 0.500. The van der Waals surface area contributed by atoms with Gasteiger partial charge in [0.15, 0.2) is 5.78 Å². The normalized spacial score (nSPS) is 29.4. The molecule has 0 aromatic heterocycles. The van der Waals surface area contributed by atoms with E-state index in [0.717, 1.165) is 11.1 Å². The topological polar surface area (TPSA) is 52.6 Å². The van der Waals surface area contributed by atoms with Crippen LogP contribution < -0.4 is 0 Å². The first-order valence-electron chi connectivity index (χ1n) is 8.33. The van der Waals surface area contributed by atoms with Crippen LogP contribution in [0.2, 0.25) is 0 Å². The molecule has 0 N–H and O–H groups in total. The van der Waals surface area contributed by atoms with Crippen LogP contribution >= 0.6 is 0 Å². The van der Waals surface area contributed by atoms with Crippen LogP contribution in [0.3, 0.4) is 0 Å². The molecule has 2 heterocycles. The van der Waals surface area contributed by atoms with Crippen molar-refractivity contribution in [2.45, 2.75) is 64.3 Å². The van der Waals surface area contributed by atoms with Gasteiger partial charge in [-0.2, -0.15) is 0 Å². The molecule has 0 amide bonds. The van der Waals surface area contributed by atoms with Crippen molar-refractivity contribution in [3.8, 4) is 0 Å². The molecule has 0 spiro atoms.